The minimum Gasteiger partial charge on any atom is -0.407 e. The maximum atomic E-state index is 12.5. The number of non-ortho nitro benzene ring substituents is 1. The zero-order valence-corrected chi connectivity index (χ0v) is 17.3. The molecule has 1 aliphatic heterocycles. The van der Waals surface area contributed by atoms with E-state index in [1.807, 2.05) is 0 Å². The Bertz CT molecular complexity index is 1110. The van der Waals surface area contributed by atoms with Crippen LogP contribution in [0.1, 0.15) is 13.8 Å². The van der Waals surface area contributed by atoms with E-state index >= 15 is 0 Å². The second-order valence-electron chi connectivity index (χ2n) is 7.10. The maximum absolute atomic E-state index is 12.5. The number of rotatable bonds is 7. The Balaban J connectivity index is 1.60. The molecule has 1 fully saturated rings. The molecule has 2 heterocycles. The third-order valence-corrected chi connectivity index (χ3v) is 6.43. The van der Waals surface area contributed by atoms with Gasteiger partial charge in [0.2, 0.25) is 15.9 Å². The summed E-state index contributed by atoms with van der Waals surface area (Å²) < 4.78 is 37.8. The van der Waals surface area contributed by atoms with Gasteiger partial charge >= 0.3 is 5.76 Å². The van der Waals surface area contributed by atoms with Crippen molar-refractivity contribution in [3.8, 4) is 0 Å². The molecule has 1 aliphatic rings. The number of nitrogens with one attached hydrogen (secondary N) is 1. The summed E-state index contributed by atoms with van der Waals surface area (Å²) in [6.45, 7) is 3.56. The highest BCUT2D eigenvalue weighted by Gasteiger charge is 2.30. The van der Waals surface area contributed by atoms with Crippen LogP contribution in [-0.4, -0.2) is 65.7 Å². The summed E-state index contributed by atoms with van der Waals surface area (Å²) in [6.07, 6.45) is -0.426. The zero-order valence-electron chi connectivity index (χ0n) is 16.4. The lowest BCUT2D eigenvalue weighted by atomic mass is 10.3. The highest BCUT2D eigenvalue weighted by atomic mass is 32.2. The summed E-state index contributed by atoms with van der Waals surface area (Å²) in [7, 11) is -3.57. The normalized spacial score (nSPS) is 20.3. The Hall–Kier alpha value is -2.77. The number of hydrogen-bond acceptors (Lipinski definition) is 8. The fourth-order valence-electron chi connectivity index (χ4n) is 3.32. The van der Waals surface area contributed by atoms with Crippen LogP contribution in [0.3, 0.4) is 0 Å². The number of morpholine rings is 1. The van der Waals surface area contributed by atoms with Crippen molar-refractivity contribution in [2.45, 2.75) is 32.6 Å². The highest BCUT2D eigenvalue weighted by molar-refractivity contribution is 7.89. The second kappa shape index (κ2) is 8.53. The predicted octanol–water partition coefficient (Wildman–Crippen LogP) is 0.0579. The van der Waals surface area contributed by atoms with E-state index in [1.54, 1.807) is 13.8 Å². The molecule has 3 rings (SSSR count). The van der Waals surface area contributed by atoms with Crippen molar-refractivity contribution in [2.24, 2.45) is 0 Å². The number of sulfonamides is 1. The first kappa shape index (κ1) is 21.9. The number of nitro groups is 1. The number of oxazole rings is 1. The molecule has 2 unspecified atom stereocenters. The fraction of sp³-hybridized carbons (Fsp3) is 0.529. The second-order valence-corrected chi connectivity index (χ2v) is 9.19. The van der Waals surface area contributed by atoms with Gasteiger partial charge in [-0.25, -0.2) is 13.2 Å². The molecule has 13 heteroatoms. The van der Waals surface area contributed by atoms with Gasteiger partial charge in [0, 0.05) is 25.7 Å². The van der Waals surface area contributed by atoms with Gasteiger partial charge in [0.25, 0.3) is 5.69 Å². The van der Waals surface area contributed by atoms with Crippen LogP contribution in [-0.2, 0) is 26.1 Å². The number of benzene rings is 1. The molecular weight excluding hydrogens is 420 g/mol. The Morgan fingerprint density at radius 1 is 1.30 bits per heavy atom. The first-order valence-corrected chi connectivity index (χ1v) is 10.9. The van der Waals surface area contributed by atoms with Gasteiger partial charge in [-0.15, -0.1) is 0 Å². The largest absolute Gasteiger partial charge is 0.420 e. The van der Waals surface area contributed by atoms with E-state index in [9.17, 15) is 28.1 Å². The summed E-state index contributed by atoms with van der Waals surface area (Å²) in [5.74, 6) is -1.72. The van der Waals surface area contributed by atoms with Crippen molar-refractivity contribution >= 4 is 32.7 Å². The molecule has 0 radical (unpaired) electrons. The minimum atomic E-state index is -3.57. The monoisotopic (exact) mass is 442 g/mol. The number of carbonyl (C=O) groups excluding carboxylic acids is 1. The third kappa shape index (κ3) is 4.86. The zero-order chi connectivity index (χ0) is 22.1. The van der Waals surface area contributed by atoms with E-state index in [0.29, 0.717) is 0 Å². The number of aromatic nitrogens is 1. The van der Waals surface area contributed by atoms with Crippen LogP contribution in [0, 0.1) is 10.1 Å². The van der Waals surface area contributed by atoms with Crippen molar-refractivity contribution in [1.29, 1.82) is 0 Å². The lowest BCUT2D eigenvalue weighted by Crippen LogP contribution is -2.49. The van der Waals surface area contributed by atoms with Gasteiger partial charge in [0.05, 0.1) is 34.5 Å². The van der Waals surface area contributed by atoms with Gasteiger partial charge in [0.15, 0.2) is 5.58 Å². The molecular formula is C17H22N4O8S. The number of nitrogens with zero attached hydrogens (tertiary/aromatic N) is 3. The van der Waals surface area contributed by atoms with Crippen LogP contribution in [0.15, 0.2) is 27.4 Å². The third-order valence-electron chi connectivity index (χ3n) is 4.63. The molecule has 2 aromatic rings. The molecule has 1 aromatic carbocycles. The van der Waals surface area contributed by atoms with Crippen molar-refractivity contribution in [2.75, 3.05) is 25.4 Å². The highest BCUT2D eigenvalue weighted by Crippen LogP contribution is 2.20. The predicted molar refractivity (Wildman–Crippen MR) is 106 cm³/mol. The van der Waals surface area contributed by atoms with Gasteiger partial charge < -0.3 is 14.5 Å². The molecule has 30 heavy (non-hydrogen) atoms. The SMILES string of the molecule is CC1CN(S(=O)(=O)CCNC(=O)Cn2c(=O)oc3cc([N+](=O)[O-])ccc32)CC(C)O1. The molecule has 164 valence electrons. The molecule has 1 N–H and O–H groups in total. The summed E-state index contributed by atoms with van der Waals surface area (Å²) in [5, 5.41) is 13.3. The Kier molecular flexibility index (Phi) is 6.24. The van der Waals surface area contributed by atoms with Crippen LogP contribution >= 0.6 is 0 Å². The molecule has 0 aliphatic carbocycles. The topological polar surface area (TPSA) is 154 Å². The number of ether oxygens (including phenoxy) is 1. The van der Waals surface area contributed by atoms with Gasteiger partial charge in [0.1, 0.15) is 6.54 Å². The first-order valence-electron chi connectivity index (χ1n) is 9.24. The van der Waals surface area contributed by atoms with Crippen molar-refractivity contribution < 1.29 is 27.3 Å². The number of carbonyl (C=O) groups is 1. The Morgan fingerprint density at radius 3 is 2.60 bits per heavy atom. The quantitative estimate of drug-likeness (QED) is 0.466. The van der Waals surface area contributed by atoms with Crippen LogP contribution in [0.5, 0.6) is 0 Å². The number of amides is 1. The molecule has 0 bridgehead atoms. The number of hydrogen-bond donors (Lipinski definition) is 1. The maximum Gasteiger partial charge on any atom is 0.420 e. The molecule has 12 nitrogen and oxygen atoms in total. The van der Waals surface area contributed by atoms with Crippen molar-refractivity contribution in [3.05, 3.63) is 38.9 Å². The van der Waals surface area contributed by atoms with E-state index in [-0.39, 0.29) is 54.4 Å². The molecule has 0 saturated carbocycles. The Morgan fingerprint density at radius 2 is 1.97 bits per heavy atom. The summed E-state index contributed by atoms with van der Waals surface area (Å²) in [4.78, 5) is 34.4. The number of nitro benzene ring substituents is 1. The van der Waals surface area contributed by atoms with E-state index in [1.165, 1.54) is 16.4 Å². The van der Waals surface area contributed by atoms with Crippen LogP contribution < -0.4 is 11.1 Å². The van der Waals surface area contributed by atoms with Crippen LogP contribution in [0.2, 0.25) is 0 Å². The minimum absolute atomic E-state index is 0.0138. The molecule has 1 aromatic heterocycles. The van der Waals surface area contributed by atoms with E-state index in [4.69, 9.17) is 9.15 Å². The average Bonchev–Trinajstić information content (AvgIpc) is 2.95. The lowest BCUT2D eigenvalue weighted by molar-refractivity contribution is -0.384. The Labute approximate surface area is 171 Å². The van der Waals surface area contributed by atoms with Gasteiger partial charge in [-0.1, -0.05) is 0 Å². The average molecular weight is 442 g/mol. The fourth-order valence-corrected chi connectivity index (χ4v) is 4.82. The van der Waals surface area contributed by atoms with Crippen molar-refractivity contribution in [3.63, 3.8) is 0 Å². The summed E-state index contributed by atoms with van der Waals surface area (Å²) >= 11 is 0. The molecule has 1 saturated heterocycles. The standard InChI is InChI=1S/C17H22N4O8S/c1-11-8-19(9-12(2)28-11)30(26,27)6-5-18-16(22)10-20-14-4-3-13(21(24)25)7-15(14)29-17(20)23/h3-4,7,11-12H,5-6,8-10H2,1-2H3,(H,18,22). The summed E-state index contributed by atoms with van der Waals surface area (Å²) in [5.41, 5.74) is -0.0328. The van der Waals surface area contributed by atoms with E-state index in [2.05, 4.69) is 5.32 Å². The molecule has 0 spiro atoms. The van der Waals surface area contributed by atoms with E-state index < -0.39 is 33.2 Å². The van der Waals surface area contributed by atoms with Crippen LogP contribution in [0.4, 0.5) is 5.69 Å². The van der Waals surface area contributed by atoms with E-state index in [0.717, 1.165) is 10.6 Å². The van der Waals surface area contributed by atoms with Crippen LogP contribution in [0.25, 0.3) is 11.1 Å². The summed E-state index contributed by atoms with van der Waals surface area (Å²) in [6, 6.07) is 3.61. The lowest BCUT2D eigenvalue weighted by Gasteiger charge is -2.34. The molecule has 1 amide bonds. The van der Waals surface area contributed by atoms with Gasteiger partial charge in [-0.05, 0) is 19.9 Å². The smallest absolute Gasteiger partial charge is 0.407 e. The molecule has 2 atom stereocenters. The number of fused-ring (bicyclic) bond motifs is 1. The van der Waals surface area contributed by atoms with Gasteiger partial charge in [-0.3, -0.25) is 19.5 Å². The van der Waals surface area contributed by atoms with Crippen molar-refractivity contribution in [1.82, 2.24) is 14.2 Å². The first-order chi connectivity index (χ1) is 14.1. The van der Waals surface area contributed by atoms with Gasteiger partial charge in [-0.2, -0.15) is 4.31 Å².